The summed E-state index contributed by atoms with van der Waals surface area (Å²) in [5, 5.41) is 3.54. The molecule has 2 heteroatoms. The molecule has 0 bridgehead atoms. The number of ether oxygens (including phenoxy) is 1. The van der Waals surface area contributed by atoms with Gasteiger partial charge in [0.2, 0.25) is 0 Å². The van der Waals surface area contributed by atoms with Gasteiger partial charge in [0.25, 0.3) is 0 Å². The molecule has 0 aromatic heterocycles. The minimum Gasteiger partial charge on any atom is -0.385 e. The fourth-order valence-electron chi connectivity index (χ4n) is 1.57. The van der Waals surface area contributed by atoms with E-state index in [-0.39, 0.29) is 0 Å². The second-order valence-electron chi connectivity index (χ2n) is 5.14. The van der Waals surface area contributed by atoms with Gasteiger partial charge in [0.05, 0.1) is 0 Å². The summed E-state index contributed by atoms with van der Waals surface area (Å²) in [7, 11) is 1.77. The van der Waals surface area contributed by atoms with Gasteiger partial charge in [-0.25, -0.2) is 0 Å². The Morgan fingerprint density at radius 1 is 1.13 bits per heavy atom. The quantitative estimate of drug-likeness (QED) is 0.565. The van der Waals surface area contributed by atoms with Crippen LogP contribution in [0.2, 0.25) is 0 Å². The van der Waals surface area contributed by atoms with Crippen molar-refractivity contribution < 1.29 is 4.74 Å². The van der Waals surface area contributed by atoms with Crippen molar-refractivity contribution in [3.8, 4) is 0 Å². The van der Waals surface area contributed by atoms with Crippen LogP contribution in [-0.2, 0) is 4.74 Å². The van der Waals surface area contributed by atoms with E-state index in [1.54, 1.807) is 7.11 Å². The normalized spacial score (nSPS) is 12.0. The molecule has 0 saturated heterocycles. The largest absolute Gasteiger partial charge is 0.385 e. The molecule has 0 fully saturated rings. The summed E-state index contributed by atoms with van der Waals surface area (Å²) < 4.78 is 5.11. The van der Waals surface area contributed by atoms with E-state index in [0.29, 0.717) is 5.41 Å². The van der Waals surface area contributed by atoms with Crippen LogP contribution in [0.1, 0.15) is 52.9 Å². The summed E-state index contributed by atoms with van der Waals surface area (Å²) in [6.07, 6.45) is 6.50. The van der Waals surface area contributed by atoms with Crippen molar-refractivity contribution in [2.75, 3.05) is 26.8 Å². The molecule has 2 nitrogen and oxygen atoms in total. The molecule has 0 amide bonds. The van der Waals surface area contributed by atoms with Gasteiger partial charge >= 0.3 is 0 Å². The van der Waals surface area contributed by atoms with Gasteiger partial charge in [-0.05, 0) is 24.8 Å². The molecule has 0 aliphatic rings. The third-order valence-corrected chi connectivity index (χ3v) is 2.79. The van der Waals surface area contributed by atoms with Crippen molar-refractivity contribution in [2.45, 2.75) is 52.9 Å². The molecule has 92 valence electrons. The van der Waals surface area contributed by atoms with Gasteiger partial charge in [-0.15, -0.1) is 0 Å². The summed E-state index contributed by atoms with van der Waals surface area (Å²) in [6.45, 7) is 9.97. The van der Waals surface area contributed by atoms with Crippen molar-refractivity contribution >= 4 is 0 Å². The third kappa shape index (κ3) is 10.2. The minimum absolute atomic E-state index is 0.362. The highest BCUT2D eigenvalue weighted by Gasteiger charge is 2.16. The lowest BCUT2D eigenvalue weighted by Crippen LogP contribution is -2.31. The lowest BCUT2D eigenvalue weighted by atomic mass is 9.90. The molecule has 0 unspecified atom stereocenters. The maximum absolute atomic E-state index is 5.11. The predicted octanol–water partition coefficient (Wildman–Crippen LogP) is 3.22. The van der Waals surface area contributed by atoms with Crippen LogP contribution < -0.4 is 5.32 Å². The second-order valence-corrected chi connectivity index (χ2v) is 5.14. The van der Waals surface area contributed by atoms with E-state index < -0.39 is 0 Å². The third-order valence-electron chi connectivity index (χ3n) is 2.79. The molecule has 0 aromatic carbocycles. The van der Waals surface area contributed by atoms with Crippen molar-refractivity contribution in [3.63, 3.8) is 0 Å². The Hall–Kier alpha value is -0.0800. The lowest BCUT2D eigenvalue weighted by molar-refractivity contribution is 0.151. The van der Waals surface area contributed by atoms with Crippen molar-refractivity contribution in [1.29, 1.82) is 0 Å². The molecule has 0 aliphatic carbocycles. The SMILES string of the molecule is CCCCCCNCC(C)(C)CCOC. The summed E-state index contributed by atoms with van der Waals surface area (Å²) in [4.78, 5) is 0. The molecule has 15 heavy (non-hydrogen) atoms. The molecule has 0 radical (unpaired) electrons. The average molecular weight is 215 g/mol. The molecule has 0 heterocycles. The lowest BCUT2D eigenvalue weighted by Gasteiger charge is -2.24. The predicted molar refractivity (Wildman–Crippen MR) is 67.3 cm³/mol. The number of nitrogens with one attached hydrogen (secondary N) is 1. The van der Waals surface area contributed by atoms with Crippen LogP contribution in [0.15, 0.2) is 0 Å². The van der Waals surface area contributed by atoms with E-state index in [9.17, 15) is 0 Å². The van der Waals surface area contributed by atoms with Gasteiger partial charge in [0, 0.05) is 20.3 Å². The average Bonchev–Trinajstić information content (AvgIpc) is 2.20. The van der Waals surface area contributed by atoms with Crippen LogP contribution in [0.3, 0.4) is 0 Å². The monoisotopic (exact) mass is 215 g/mol. The van der Waals surface area contributed by atoms with Gasteiger partial charge in [-0.3, -0.25) is 0 Å². The zero-order valence-corrected chi connectivity index (χ0v) is 11.1. The fraction of sp³-hybridized carbons (Fsp3) is 1.00. The molecule has 0 saturated carbocycles. The van der Waals surface area contributed by atoms with Crippen LogP contribution in [-0.4, -0.2) is 26.8 Å². The molecule has 1 N–H and O–H groups in total. The van der Waals surface area contributed by atoms with Crippen LogP contribution in [0, 0.1) is 5.41 Å². The topological polar surface area (TPSA) is 21.3 Å². The minimum atomic E-state index is 0.362. The van der Waals surface area contributed by atoms with E-state index in [1.807, 2.05) is 0 Å². The van der Waals surface area contributed by atoms with Crippen molar-refractivity contribution in [3.05, 3.63) is 0 Å². The highest BCUT2D eigenvalue weighted by atomic mass is 16.5. The first-order valence-electron chi connectivity index (χ1n) is 6.32. The molecular formula is C13H29NO. The molecule has 0 aromatic rings. The molecule has 0 atom stereocenters. The zero-order chi connectivity index (χ0) is 11.6. The Balaban J connectivity index is 3.32. The van der Waals surface area contributed by atoms with Gasteiger partial charge in [0.15, 0.2) is 0 Å². The number of hydrogen-bond donors (Lipinski definition) is 1. The molecule has 0 rings (SSSR count). The Morgan fingerprint density at radius 2 is 1.87 bits per heavy atom. The van der Waals surface area contributed by atoms with Gasteiger partial charge in [0.1, 0.15) is 0 Å². The number of rotatable bonds is 10. The highest BCUT2D eigenvalue weighted by molar-refractivity contribution is 4.71. The van der Waals surface area contributed by atoms with E-state index in [1.165, 1.54) is 25.7 Å². The Kier molecular flexibility index (Phi) is 9.12. The van der Waals surface area contributed by atoms with E-state index in [0.717, 1.165) is 26.1 Å². The first kappa shape index (κ1) is 14.9. The van der Waals surface area contributed by atoms with E-state index >= 15 is 0 Å². The maximum atomic E-state index is 5.11. The summed E-state index contributed by atoms with van der Waals surface area (Å²) >= 11 is 0. The van der Waals surface area contributed by atoms with Crippen LogP contribution >= 0.6 is 0 Å². The zero-order valence-electron chi connectivity index (χ0n) is 11.1. The summed E-state index contributed by atoms with van der Waals surface area (Å²) in [5.41, 5.74) is 0.362. The van der Waals surface area contributed by atoms with Gasteiger partial charge in [-0.1, -0.05) is 40.0 Å². The molecular weight excluding hydrogens is 186 g/mol. The number of unbranched alkanes of at least 4 members (excludes halogenated alkanes) is 3. The summed E-state index contributed by atoms with van der Waals surface area (Å²) in [6, 6.07) is 0. The van der Waals surface area contributed by atoms with E-state index in [4.69, 9.17) is 4.74 Å². The van der Waals surface area contributed by atoms with Crippen LogP contribution in [0.5, 0.6) is 0 Å². The maximum Gasteiger partial charge on any atom is 0.0467 e. The standard InChI is InChI=1S/C13H29NO/c1-5-6-7-8-10-14-12-13(2,3)9-11-15-4/h14H,5-12H2,1-4H3. The smallest absolute Gasteiger partial charge is 0.0467 e. The number of methoxy groups -OCH3 is 1. The van der Waals surface area contributed by atoms with E-state index in [2.05, 4.69) is 26.1 Å². The number of hydrogen-bond acceptors (Lipinski definition) is 2. The Labute approximate surface area is 95.8 Å². The van der Waals surface area contributed by atoms with Gasteiger partial charge < -0.3 is 10.1 Å². The van der Waals surface area contributed by atoms with Gasteiger partial charge in [-0.2, -0.15) is 0 Å². The van der Waals surface area contributed by atoms with Crippen molar-refractivity contribution in [2.24, 2.45) is 5.41 Å². The molecule has 0 aliphatic heterocycles. The Bertz CT molecular complexity index is 134. The highest BCUT2D eigenvalue weighted by Crippen LogP contribution is 2.18. The summed E-state index contributed by atoms with van der Waals surface area (Å²) in [5.74, 6) is 0. The first-order chi connectivity index (χ1) is 7.12. The van der Waals surface area contributed by atoms with Crippen LogP contribution in [0.4, 0.5) is 0 Å². The van der Waals surface area contributed by atoms with Crippen molar-refractivity contribution in [1.82, 2.24) is 5.32 Å². The first-order valence-corrected chi connectivity index (χ1v) is 6.32. The Morgan fingerprint density at radius 3 is 2.47 bits per heavy atom. The van der Waals surface area contributed by atoms with Crippen LogP contribution in [0.25, 0.3) is 0 Å². The fourth-order valence-corrected chi connectivity index (χ4v) is 1.57. The molecule has 0 spiro atoms. The second kappa shape index (κ2) is 9.17.